The van der Waals surface area contributed by atoms with Crippen LogP contribution in [0.1, 0.15) is 65.4 Å². The van der Waals surface area contributed by atoms with Crippen LogP contribution in [0.5, 0.6) is 0 Å². The van der Waals surface area contributed by atoms with Gasteiger partial charge in [0.05, 0.1) is 18.7 Å². The number of Topliss-reactive ketones (excluding diaryl/α,β-unsaturated/α-hetero) is 1. The lowest BCUT2D eigenvalue weighted by Crippen LogP contribution is -2.41. The summed E-state index contributed by atoms with van der Waals surface area (Å²) in [7, 11) is 0. The molecule has 33 heavy (non-hydrogen) atoms. The van der Waals surface area contributed by atoms with E-state index in [4.69, 9.17) is 0 Å². The molecule has 1 aliphatic heterocycles. The Labute approximate surface area is 195 Å². The normalized spacial score (nSPS) is 17.9. The average Bonchev–Trinajstić information content (AvgIpc) is 2.97. The van der Waals surface area contributed by atoms with Crippen LogP contribution in [0.15, 0.2) is 66.7 Å². The number of carbonyl (C=O) groups excluding carboxylic acids is 2. The summed E-state index contributed by atoms with van der Waals surface area (Å²) in [5.41, 5.74) is 4.07. The van der Waals surface area contributed by atoms with Gasteiger partial charge in [-0.15, -0.1) is 0 Å². The van der Waals surface area contributed by atoms with Crippen LogP contribution in [0.2, 0.25) is 0 Å². The summed E-state index contributed by atoms with van der Waals surface area (Å²) < 4.78 is 0. The van der Waals surface area contributed by atoms with Crippen LogP contribution in [-0.4, -0.2) is 16.8 Å². The SMILES string of the molecule is Cc1ccc(C)c(CN2C(=O)[C@](O)(CC(=O)c3ccc(C(C)(C)C)cc3)c3ccccc32)c1. The lowest BCUT2D eigenvalue weighted by atomic mass is 9.85. The third-order valence-electron chi connectivity index (χ3n) is 6.56. The molecule has 1 N–H and O–H groups in total. The number of hydrogen-bond donors (Lipinski definition) is 1. The minimum atomic E-state index is -1.88. The number of para-hydroxylation sites is 1. The second kappa shape index (κ2) is 8.27. The van der Waals surface area contributed by atoms with Gasteiger partial charge in [-0.1, -0.05) is 87.0 Å². The number of aryl methyl sites for hydroxylation is 2. The van der Waals surface area contributed by atoms with E-state index in [1.807, 2.05) is 50.2 Å². The van der Waals surface area contributed by atoms with Crippen molar-refractivity contribution in [1.82, 2.24) is 0 Å². The van der Waals surface area contributed by atoms with Gasteiger partial charge in [-0.3, -0.25) is 9.59 Å². The smallest absolute Gasteiger partial charge is 0.264 e. The number of benzene rings is 3. The van der Waals surface area contributed by atoms with Crippen molar-refractivity contribution in [2.75, 3.05) is 4.90 Å². The molecule has 1 aliphatic rings. The molecule has 0 aliphatic carbocycles. The molecule has 1 heterocycles. The number of fused-ring (bicyclic) bond motifs is 1. The average molecular weight is 442 g/mol. The summed E-state index contributed by atoms with van der Waals surface area (Å²) in [5, 5.41) is 11.6. The zero-order valence-corrected chi connectivity index (χ0v) is 20.0. The molecule has 3 aromatic rings. The van der Waals surface area contributed by atoms with Crippen LogP contribution in [-0.2, 0) is 22.4 Å². The van der Waals surface area contributed by atoms with Crippen LogP contribution < -0.4 is 4.90 Å². The summed E-state index contributed by atoms with van der Waals surface area (Å²) in [6.07, 6.45) is -0.291. The molecule has 1 atom stereocenters. The molecular formula is C29H31NO3. The Morgan fingerprint density at radius 3 is 2.30 bits per heavy atom. The number of ketones is 1. The van der Waals surface area contributed by atoms with Gasteiger partial charge in [0.15, 0.2) is 11.4 Å². The summed E-state index contributed by atoms with van der Waals surface area (Å²) in [6.45, 7) is 10.7. The van der Waals surface area contributed by atoms with Crippen LogP contribution >= 0.6 is 0 Å². The Bertz CT molecular complexity index is 1220. The predicted octanol–water partition coefficient (Wildman–Crippen LogP) is 5.61. The molecule has 0 aromatic heterocycles. The number of rotatable bonds is 5. The Morgan fingerprint density at radius 1 is 0.970 bits per heavy atom. The van der Waals surface area contributed by atoms with Crippen molar-refractivity contribution < 1.29 is 14.7 Å². The van der Waals surface area contributed by atoms with Crippen molar-refractivity contribution in [1.29, 1.82) is 0 Å². The van der Waals surface area contributed by atoms with E-state index in [9.17, 15) is 14.7 Å². The largest absolute Gasteiger partial charge is 0.375 e. The van der Waals surface area contributed by atoms with Gasteiger partial charge >= 0.3 is 0 Å². The summed E-state index contributed by atoms with van der Waals surface area (Å²) in [5.74, 6) is -0.709. The predicted molar refractivity (Wildman–Crippen MR) is 132 cm³/mol. The van der Waals surface area contributed by atoms with Gasteiger partial charge in [0.25, 0.3) is 5.91 Å². The van der Waals surface area contributed by atoms with Gasteiger partial charge in [-0.05, 0) is 42.0 Å². The highest BCUT2D eigenvalue weighted by Gasteiger charge is 2.50. The second-order valence-electron chi connectivity index (χ2n) is 10.1. The topological polar surface area (TPSA) is 57.6 Å². The molecule has 0 radical (unpaired) electrons. The van der Waals surface area contributed by atoms with E-state index < -0.39 is 11.5 Å². The third-order valence-corrected chi connectivity index (χ3v) is 6.56. The maximum Gasteiger partial charge on any atom is 0.264 e. The van der Waals surface area contributed by atoms with Crippen LogP contribution in [0.25, 0.3) is 0 Å². The molecule has 0 saturated heterocycles. The number of aliphatic hydroxyl groups is 1. The number of carbonyl (C=O) groups is 2. The molecule has 3 aromatic carbocycles. The molecule has 0 unspecified atom stereocenters. The van der Waals surface area contributed by atoms with E-state index >= 15 is 0 Å². The Kier molecular flexibility index (Phi) is 5.75. The van der Waals surface area contributed by atoms with E-state index in [0.29, 0.717) is 23.4 Å². The van der Waals surface area contributed by atoms with Crippen LogP contribution in [0.4, 0.5) is 5.69 Å². The van der Waals surface area contributed by atoms with E-state index in [1.54, 1.807) is 29.2 Å². The van der Waals surface area contributed by atoms with Crippen molar-refractivity contribution >= 4 is 17.4 Å². The quantitative estimate of drug-likeness (QED) is 0.524. The number of nitrogens with zero attached hydrogens (tertiary/aromatic N) is 1. The summed E-state index contributed by atoms with van der Waals surface area (Å²) in [6, 6.07) is 20.8. The molecule has 0 fully saturated rings. The monoisotopic (exact) mass is 441 g/mol. The van der Waals surface area contributed by atoms with E-state index in [-0.39, 0.29) is 17.6 Å². The van der Waals surface area contributed by atoms with Gasteiger partial charge in [0.1, 0.15) is 0 Å². The Morgan fingerprint density at radius 2 is 1.64 bits per heavy atom. The first-order chi connectivity index (χ1) is 15.5. The molecule has 1 amide bonds. The van der Waals surface area contributed by atoms with Crippen LogP contribution in [0, 0.1) is 13.8 Å². The molecule has 4 heteroatoms. The molecular weight excluding hydrogens is 410 g/mol. The molecule has 4 nitrogen and oxygen atoms in total. The highest BCUT2D eigenvalue weighted by Crippen LogP contribution is 2.43. The molecule has 0 saturated carbocycles. The zero-order valence-electron chi connectivity index (χ0n) is 20.0. The van der Waals surface area contributed by atoms with Gasteiger partial charge in [-0.25, -0.2) is 0 Å². The van der Waals surface area contributed by atoms with Gasteiger partial charge in [0, 0.05) is 11.1 Å². The number of hydrogen-bond acceptors (Lipinski definition) is 3. The van der Waals surface area contributed by atoms with Crippen molar-refractivity contribution in [2.45, 2.75) is 58.6 Å². The van der Waals surface area contributed by atoms with Crippen LogP contribution in [0.3, 0.4) is 0 Å². The maximum absolute atomic E-state index is 13.6. The van der Waals surface area contributed by atoms with Gasteiger partial charge in [-0.2, -0.15) is 0 Å². The molecule has 0 bridgehead atoms. The summed E-state index contributed by atoms with van der Waals surface area (Å²) >= 11 is 0. The Hall–Kier alpha value is -3.24. The molecule has 4 rings (SSSR count). The van der Waals surface area contributed by atoms with Crippen molar-refractivity contribution in [3.63, 3.8) is 0 Å². The minimum Gasteiger partial charge on any atom is -0.375 e. The fraction of sp³-hybridized carbons (Fsp3) is 0.310. The van der Waals surface area contributed by atoms with E-state index in [2.05, 4.69) is 26.8 Å². The first kappa shape index (κ1) is 22.9. The number of anilines is 1. The van der Waals surface area contributed by atoms with E-state index in [0.717, 1.165) is 22.3 Å². The van der Waals surface area contributed by atoms with Gasteiger partial charge in [0.2, 0.25) is 0 Å². The molecule has 170 valence electrons. The fourth-order valence-corrected chi connectivity index (χ4v) is 4.47. The fourth-order valence-electron chi connectivity index (χ4n) is 4.47. The zero-order chi connectivity index (χ0) is 24.0. The van der Waals surface area contributed by atoms with Crippen molar-refractivity contribution in [2.24, 2.45) is 0 Å². The van der Waals surface area contributed by atoms with Crippen molar-refractivity contribution in [3.8, 4) is 0 Å². The van der Waals surface area contributed by atoms with Crippen molar-refractivity contribution in [3.05, 3.63) is 100 Å². The highest BCUT2D eigenvalue weighted by molar-refractivity contribution is 6.10. The second-order valence-corrected chi connectivity index (χ2v) is 10.1. The minimum absolute atomic E-state index is 0.0193. The highest BCUT2D eigenvalue weighted by atomic mass is 16.3. The third kappa shape index (κ3) is 4.23. The molecule has 0 spiro atoms. The van der Waals surface area contributed by atoms with Gasteiger partial charge < -0.3 is 10.0 Å². The standard InChI is InChI=1S/C29H31NO3/c1-19-10-11-20(2)22(16-19)18-30-25-9-7-6-8-24(25)29(33,27(30)32)17-26(31)21-12-14-23(15-13-21)28(3,4)5/h6-16,33H,17-18H2,1-5H3/t29-/m0/s1. The summed E-state index contributed by atoms with van der Waals surface area (Å²) in [4.78, 5) is 28.3. The first-order valence-electron chi connectivity index (χ1n) is 11.3. The van der Waals surface area contributed by atoms with E-state index in [1.165, 1.54) is 0 Å². The lowest BCUT2D eigenvalue weighted by molar-refractivity contribution is -0.136. The maximum atomic E-state index is 13.6. The lowest BCUT2D eigenvalue weighted by Gasteiger charge is -2.24. The number of amides is 1. The first-order valence-corrected chi connectivity index (χ1v) is 11.3. The Balaban J connectivity index is 1.65.